The van der Waals surface area contributed by atoms with Gasteiger partial charge in [0.1, 0.15) is 0 Å². The average molecular weight is 266 g/mol. The van der Waals surface area contributed by atoms with Gasteiger partial charge in [-0.3, -0.25) is 0 Å². The molecular formula is C12H15ClF3N. The molecule has 1 N–H and O–H groups in total. The number of alkyl halides is 4. The molecule has 0 heterocycles. The SMILES string of the molecule is CCC(Cl)CCNc1ccccc1C(F)(F)F. The van der Waals surface area contributed by atoms with E-state index in [-0.39, 0.29) is 11.1 Å². The van der Waals surface area contributed by atoms with Gasteiger partial charge in [0.05, 0.1) is 5.56 Å². The van der Waals surface area contributed by atoms with Crippen LogP contribution in [0.1, 0.15) is 25.3 Å². The predicted molar refractivity (Wildman–Crippen MR) is 64.5 cm³/mol. The molecule has 0 aliphatic heterocycles. The van der Waals surface area contributed by atoms with Crippen LogP contribution in [0.15, 0.2) is 24.3 Å². The van der Waals surface area contributed by atoms with Gasteiger partial charge in [-0.15, -0.1) is 11.6 Å². The third kappa shape index (κ3) is 4.46. The molecule has 0 aromatic heterocycles. The Morgan fingerprint density at radius 2 is 1.94 bits per heavy atom. The van der Waals surface area contributed by atoms with Crippen LogP contribution in [0.25, 0.3) is 0 Å². The molecule has 1 unspecified atom stereocenters. The maximum Gasteiger partial charge on any atom is 0.418 e. The van der Waals surface area contributed by atoms with Gasteiger partial charge in [0.2, 0.25) is 0 Å². The van der Waals surface area contributed by atoms with Crippen molar-refractivity contribution >= 4 is 17.3 Å². The fourth-order valence-corrected chi connectivity index (χ4v) is 1.56. The van der Waals surface area contributed by atoms with Crippen LogP contribution in [-0.2, 0) is 6.18 Å². The number of benzene rings is 1. The molecule has 1 aromatic carbocycles. The number of halogens is 4. The topological polar surface area (TPSA) is 12.0 Å². The maximum absolute atomic E-state index is 12.6. The summed E-state index contributed by atoms with van der Waals surface area (Å²) in [6, 6.07) is 5.46. The molecule has 17 heavy (non-hydrogen) atoms. The first kappa shape index (κ1) is 14.2. The Bertz CT molecular complexity index is 352. The molecule has 0 bridgehead atoms. The van der Waals surface area contributed by atoms with Crippen molar-refractivity contribution in [1.29, 1.82) is 0 Å². The summed E-state index contributed by atoms with van der Waals surface area (Å²) in [7, 11) is 0. The first-order chi connectivity index (χ1) is 7.95. The predicted octanol–water partition coefficient (Wildman–Crippen LogP) is 4.52. The van der Waals surface area contributed by atoms with Gasteiger partial charge in [0, 0.05) is 17.6 Å². The first-order valence-electron chi connectivity index (χ1n) is 5.49. The van der Waals surface area contributed by atoms with E-state index in [0.29, 0.717) is 13.0 Å². The number of rotatable bonds is 5. The third-order valence-electron chi connectivity index (χ3n) is 2.45. The highest BCUT2D eigenvalue weighted by Crippen LogP contribution is 2.34. The summed E-state index contributed by atoms with van der Waals surface area (Å²) in [6.45, 7) is 2.39. The molecule has 0 saturated heterocycles. The Morgan fingerprint density at radius 3 is 2.53 bits per heavy atom. The molecule has 0 aliphatic rings. The van der Waals surface area contributed by atoms with E-state index < -0.39 is 11.7 Å². The minimum atomic E-state index is -4.32. The standard InChI is InChI=1S/C12H15ClF3N/c1-2-9(13)7-8-17-11-6-4-3-5-10(11)12(14,15)16/h3-6,9,17H,2,7-8H2,1H3. The highest BCUT2D eigenvalue weighted by atomic mass is 35.5. The number of nitrogens with one attached hydrogen (secondary N) is 1. The van der Waals surface area contributed by atoms with E-state index in [1.54, 1.807) is 6.07 Å². The molecular weight excluding hydrogens is 251 g/mol. The zero-order valence-corrected chi connectivity index (χ0v) is 10.3. The van der Waals surface area contributed by atoms with Crippen molar-refractivity contribution in [3.05, 3.63) is 29.8 Å². The van der Waals surface area contributed by atoms with Crippen molar-refractivity contribution in [3.63, 3.8) is 0 Å². The van der Waals surface area contributed by atoms with E-state index in [2.05, 4.69) is 5.32 Å². The monoisotopic (exact) mass is 265 g/mol. The maximum atomic E-state index is 12.6. The number of anilines is 1. The summed E-state index contributed by atoms with van der Waals surface area (Å²) >= 11 is 5.90. The summed E-state index contributed by atoms with van der Waals surface area (Å²) in [5.74, 6) is 0. The Morgan fingerprint density at radius 1 is 1.29 bits per heavy atom. The lowest BCUT2D eigenvalue weighted by Gasteiger charge is -2.15. The van der Waals surface area contributed by atoms with E-state index in [1.807, 2.05) is 6.92 Å². The van der Waals surface area contributed by atoms with Gasteiger partial charge in [0.25, 0.3) is 0 Å². The summed E-state index contributed by atoms with van der Waals surface area (Å²) in [5.41, 5.74) is -0.525. The largest absolute Gasteiger partial charge is 0.418 e. The molecule has 1 atom stereocenters. The lowest BCUT2D eigenvalue weighted by Crippen LogP contribution is -2.13. The van der Waals surface area contributed by atoms with E-state index in [0.717, 1.165) is 12.5 Å². The quantitative estimate of drug-likeness (QED) is 0.772. The zero-order valence-electron chi connectivity index (χ0n) is 9.52. The van der Waals surface area contributed by atoms with Crippen LogP contribution < -0.4 is 5.32 Å². The van der Waals surface area contributed by atoms with Crippen LogP contribution in [0.2, 0.25) is 0 Å². The third-order valence-corrected chi connectivity index (χ3v) is 2.98. The second-order valence-corrected chi connectivity index (χ2v) is 4.38. The highest BCUT2D eigenvalue weighted by Gasteiger charge is 2.32. The van der Waals surface area contributed by atoms with Crippen molar-refractivity contribution < 1.29 is 13.2 Å². The van der Waals surface area contributed by atoms with Gasteiger partial charge in [-0.2, -0.15) is 13.2 Å². The average Bonchev–Trinajstić information content (AvgIpc) is 2.28. The minimum absolute atomic E-state index is 0.000508. The molecule has 0 aliphatic carbocycles. The summed E-state index contributed by atoms with van der Waals surface area (Å²) in [5, 5.41) is 2.78. The second-order valence-electron chi connectivity index (χ2n) is 3.76. The molecule has 1 rings (SSSR count). The second kappa shape index (κ2) is 6.15. The zero-order chi connectivity index (χ0) is 12.9. The van der Waals surface area contributed by atoms with Crippen LogP contribution in [0.3, 0.4) is 0 Å². The van der Waals surface area contributed by atoms with Crippen molar-refractivity contribution in [2.75, 3.05) is 11.9 Å². The van der Waals surface area contributed by atoms with E-state index in [4.69, 9.17) is 11.6 Å². The van der Waals surface area contributed by atoms with Crippen LogP contribution >= 0.6 is 11.6 Å². The van der Waals surface area contributed by atoms with Gasteiger partial charge in [-0.05, 0) is 25.0 Å². The van der Waals surface area contributed by atoms with Crippen molar-refractivity contribution in [2.24, 2.45) is 0 Å². The van der Waals surface area contributed by atoms with Crippen LogP contribution in [0, 0.1) is 0 Å². The Kier molecular flexibility index (Phi) is 5.12. The lowest BCUT2D eigenvalue weighted by molar-refractivity contribution is -0.136. The highest BCUT2D eigenvalue weighted by molar-refractivity contribution is 6.20. The molecule has 1 aromatic rings. The Labute approximate surface area is 104 Å². The van der Waals surface area contributed by atoms with Crippen LogP contribution in [-0.4, -0.2) is 11.9 Å². The Balaban J connectivity index is 2.65. The van der Waals surface area contributed by atoms with Crippen molar-refractivity contribution in [2.45, 2.75) is 31.3 Å². The normalized spacial score (nSPS) is 13.5. The molecule has 96 valence electrons. The minimum Gasteiger partial charge on any atom is -0.385 e. The molecule has 1 nitrogen and oxygen atoms in total. The van der Waals surface area contributed by atoms with Gasteiger partial charge in [-0.1, -0.05) is 19.1 Å². The van der Waals surface area contributed by atoms with Crippen molar-refractivity contribution in [3.8, 4) is 0 Å². The smallest absolute Gasteiger partial charge is 0.385 e. The van der Waals surface area contributed by atoms with E-state index >= 15 is 0 Å². The van der Waals surface area contributed by atoms with E-state index in [9.17, 15) is 13.2 Å². The Hall–Kier alpha value is -0.900. The molecule has 0 fully saturated rings. The fraction of sp³-hybridized carbons (Fsp3) is 0.500. The number of hydrogen-bond acceptors (Lipinski definition) is 1. The summed E-state index contributed by atoms with van der Waals surface area (Å²) < 4.78 is 37.9. The van der Waals surface area contributed by atoms with Gasteiger partial charge in [-0.25, -0.2) is 0 Å². The first-order valence-corrected chi connectivity index (χ1v) is 5.93. The molecule has 0 spiro atoms. The van der Waals surface area contributed by atoms with Crippen molar-refractivity contribution in [1.82, 2.24) is 0 Å². The van der Waals surface area contributed by atoms with Crippen LogP contribution in [0.4, 0.5) is 18.9 Å². The molecule has 0 radical (unpaired) electrons. The summed E-state index contributed by atoms with van der Waals surface area (Å²) in [6.07, 6.45) is -2.87. The number of hydrogen-bond donors (Lipinski definition) is 1. The molecule has 0 amide bonds. The van der Waals surface area contributed by atoms with Gasteiger partial charge >= 0.3 is 6.18 Å². The van der Waals surface area contributed by atoms with Gasteiger partial charge < -0.3 is 5.32 Å². The fourth-order valence-electron chi connectivity index (χ4n) is 1.45. The lowest BCUT2D eigenvalue weighted by atomic mass is 10.1. The summed E-state index contributed by atoms with van der Waals surface area (Å²) in [4.78, 5) is 0. The molecule has 0 saturated carbocycles. The van der Waals surface area contributed by atoms with Crippen LogP contribution in [0.5, 0.6) is 0 Å². The molecule has 5 heteroatoms. The number of para-hydroxylation sites is 1. The van der Waals surface area contributed by atoms with E-state index in [1.165, 1.54) is 12.1 Å². The van der Waals surface area contributed by atoms with Gasteiger partial charge in [0.15, 0.2) is 0 Å².